The lowest BCUT2D eigenvalue weighted by atomic mass is 9.80. The minimum atomic E-state index is -0.822. The molecule has 0 radical (unpaired) electrons. The molecule has 2 rings (SSSR count). The van der Waals surface area contributed by atoms with Crippen molar-refractivity contribution in [1.82, 2.24) is 4.98 Å². The molecule has 1 aliphatic heterocycles. The Kier molecular flexibility index (Phi) is 1.72. The van der Waals surface area contributed by atoms with E-state index in [1.165, 1.54) is 0 Å². The van der Waals surface area contributed by atoms with Crippen molar-refractivity contribution >= 4 is 12.6 Å². The number of hydrogen-bond donors (Lipinski definition) is 1. The Morgan fingerprint density at radius 1 is 1.54 bits per heavy atom. The maximum absolute atomic E-state index is 9.58. The smallest absolute Gasteiger partial charge is 0.423 e. The zero-order valence-electron chi connectivity index (χ0n) is 8.03. The van der Waals surface area contributed by atoms with Gasteiger partial charge in [0.1, 0.15) is 0 Å². The summed E-state index contributed by atoms with van der Waals surface area (Å²) in [6.45, 7) is 5.76. The lowest BCUT2D eigenvalue weighted by Crippen LogP contribution is -2.28. The molecule has 0 saturated carbocycles. The van der Waals surface area contributed by atoms with E-state index in [-0.39, 0.29) is 0 Å². The van der Waals surface area contributed by atoms with Gasteiger partial charge in [0, 0.05) is 11.7 Å². The molecule has 0 atom stereocenters. The van der Waals surface area contributed by atoms with E-state index in [0.717, 1.165) is 16.7 Å². The first-order valence-corrected chi connectivity index (χ1v) is 4.33. The average Bonchev–Trinajstić information content (AvgIpc) is 2.22. The van der Waals surface area contributed by atoms with Gasteiger partial charge in [-0.05, 0) is 26.3 Å². The first-order chi connectivity index (χ1) is 6.00. The van der Waals surface area contributed by atoms with Crippen LogP contribution in [0.5, 0.6) is 0 Å². The second-order valence-electron chi connectivity index (χ2n) is 3.93. The van der Waals surface area contributed by atoms with Gasteiger partial charge in [-0.3, -0.25) is 4.98 Å². The van der Waals surface area contributed by atoms with Crippen LogP contribution in [0, 0.1) is 6.92 Å². The zero-order chi connectivity index (χ0) is 9.64. The first kappa shape index (κ1) is 8.72. The van der Waals surface area contributed by atoms with Crippen molar-refractivity contribution in [3.05, 3.63) is 23.5 Å². The Labute approximate surface area is 77.9 Å². The minimum absolute atomic E-state index is 0.470. The summed E-state index contributed by atoms with van der Waals surface area (Å²) >= 11 is 0. The van der Waals surface area contributed by atoms with Crippen molar-refractivity contribution in [3.8, 4) is 0 Å². The summed E-state index contributed by atoms with van der Waals surface area (Å²) in [7, 11) is -0.822. The van der Waals surface area contributed by atoms with E-state index in [9.17, 15) is 5.02 Å². The number of aryl methyl sites for hydroxylation is 1. The molecule has 0 spiro atoms. The highest BCUT2D eigenvalue weighted by atomic mass is 16.5. The molecule has 0 amide bonds. The lowest BCUT2D eigenvalue weighted by Gasteiger charge is -2.18. The second-order valence-corrected chi connectivity index (χ2v) is 3.93. The van der Waals surface area contributed by atoms with E-state index >= 15 is 0 Å². The topological polar surface area (TPSA) is 42.4 Å². The van der Waals surface area contributed by atoms with Crippen molar-refractivity contribution in [3.63, 3.8) is 0 Å². The average molecular weight is 177 g/mol. The van der Waals surface area contributed by atoms with E-state index in [1.807, 2.05) is 26.8 Å². The largest absolute Gasteiger partial charge is 0.493 e. The summed E-state index contributed by atoms with van der Waals surface area (Å²) in [5, 5.41) is 9.58. The summed E-state index contributed by atoms with van der Waals surface area (Å²) in [4.78, 5) is 4.28. The quantitative estimate of drug-likeness (QED) is 0.581. The molecule has 0 saturated heterocycles. The highest BCUT2D eigenvalue weighted by molar-refractivity contribution is 6.61. The van der Waals surface area contributed by atoms with E-state index in [4.69, 9.17) is 4.65 Å². The van der Waals surface area contributed by atoms with Gasteiger partial charge in [-0.15, -0.1) is 0 Å². The predicted octanol–water partition coefficient (Wildman–Crippen LogP) is 0.343. The van der Waals surface area contributed by atoms with Gasteiger partial charge in [-0.25, -0.2) is 0 Å². The fourth-order valence-corrected chi connectivity index (χ4v) is 1.68. The maximum atomic E-state index is 9.58. The molecule has 13 heavy (non-hydrogen) atoms. The summed E-state index contributed by atoms with van der Waals surface area (Å²) in [6.07, 6.45) is 1.79. The molecule has 1 N–H and O–H groups in total. The maximum Gasteiger partial charge on any atom is 0.493 e. The van der Waals surface area contributed by atoms with Crippen molar-refractivity contribution in [2.75, 3.05) is 0 Å². The van der Waals surface area contributed by atoms with Crippen LogP contribution >= 0.6 is 0 Å². The van der Waals surface area contributed by atoms with Gasteiger partial charge in [-0.1, -0.05) is 6.07 Å². The van der Waals surface area contributed by atoms with Crippen LogP contribution < -0.4 is 5.46 Å². The van der Waals surface area contributed by atoms with Crippen LogP contribution in [0.2, 0.25) is 0 Å². The van der Waals surface area contributed by atoms with Crippen LogP contribution in [0.15, 0.2) is 12.3 Å². The number of fused-ring (bicyclic) bond motifs is 1. The van der Waals surface area contributed by atoms with Crippen LogP contribution in [0.3, 0.4) is 0 Å². The van der Waals surface area contributed by atoms with E-state index in [2.05, 4.69) is 4.98 Å². The minimum Gasteiger partial charge on any atom is -0.423 e. The standard InChI is InChI=1S/C9H12BNO2/c1-6-4-7-8(11-5-6)9(2,3)13-10(7)12/h4-5,12H,1-3H3. The van der Waals surface area contributed by atoms with Crippen LogP contribution in [0.25, 0.3) is 0 Å². The third-order valence-corrected chi connectivity index (χ3v) is 2.30. The van der Waals surface area contributed by atoms with Gasteiger partial charge < -0.3 is 9.68 Å². The summed E-state index contributed by atoms with van der Waals surface area (Å²) < 4.78 is 5.37. The van der Waals surface area contributed by atoms with E-state index < -0.39 is 12.7 Å². The molecule has 3 nitrogen and oxygen atoms in total. The fourth-order valence-electron chi connectivity index (χ4n) is 1.68. The van der Waals surface area contributed by atoms with Gasteiger partial charge in [0.2, 0.25) is 0 Å². The Hall–Kier alpha value is -0.865. The summed E-state index contributed by atoms with van der Waals surface area (Å²) in [5.74, 6) is 0. The number of rotatable bonds is 0. The Balaban J connectivity index is 2.59. The highest BCUT2D eigenvalue weighted by Gasteiger charge is 2.41. The third-order valence-electron chi connectivity index (χ3n) is 2.30. The van der Waals surface area contributed by atoms with E-state index in [1.54, 1.807) is 6.20 Å². The predicted molar refractivity (Wildman–Crippen MR) is 50.7 cm³/mol. The summed E-state index contributed by atoms with van der Waals surface area (Å²) in [6, 6.07) is 1.92. The second kappa shape index (κ2) is 2.56. The van der Waals surface area contributed by atoms with Crippen LogP contribution in [-0.2, 0) is 10.3 Å². The monoisotopic (exact) mass is 177 g/mol. The number of aromatic nitrogens is 1. The van der Waals surface area contributed by atoms with Crippen LogP contribution in [-0.4, -0.2) is 17.1 Å². The SMILES string of the molecule is Cc1cnc2c(c1)B(O)OC2(C)C. The molecule has 0 aromatic carbocycles. The molecule has 0 aliphatic carbocycles. The summed E-state index contributed by atoms with van der Waals surface area (Å²) in [5.41, 5.74) is 2.21. The van der Waals surface area contributed by atoms with Gasteiger partial charge in [0.15, 0.2) is 0 Å². The molecule has 0 unspecified atom stereocenters. The van der Waals surface area contributed by atoms with Crippen molar-refractivity contribution in [1.29, 1.82) is 0 Å². The Bertz CT molecular complexity index is 351. The zero-order valence-corrected chi connectivity index (χ0v) is 8.03. The van der Waals surface area contributed by atoms with Crippen LogP contribution in [0.4, 0.5) is 0 Å². The molecule has 4 heteroatoms. The molecule has 1 aliphatic rings. The van der Waals surface area contributed by atoms with E-state index in [0.29, 0.717) is 0 Å². The molecule has 0 bridgehead atoms. The van der Waals surface area contributed by atoms with Crippen molar-refractivity contribution < 1.29 is 9.68 Å². The Morgan fingerprint density at radius 3 is 2.92 bits per heavy atom. The van der Waals surface area contributed by atoms with Gasteiger partial charge >= 0.3 is 7.12 Å². The highest BCUT2D eigenvalue weighted by Crippen LogP contribution is 2.27. The first-order valence-electron chi connectivity index (χ1n) is 4.33. The normalized spacial score (nSPS) is 18.9. The lowest BCUT2D eigenvalue weighted by molar-refractivity contribution is 0.0969. The molecular formula is C9H12BNO2. The Morgan fingerprint density at radius 2 is 2.23 bits per heavy atom. The van der Waals surface area contributed by atoms with Gasteiger partial charge in [0.25, 0.3) is 0 Å². The van der Waals surface area contributed by atoms with Crippen molar-refractivity contribution in [2.45, 2.75) is 26.4 Å². The number of pyridine rings is 1. The molecule has 68 valence electrons. The molecular weight excluding hydrogens is 165 g/mol. The van der Waals surface area contributed by atoms with Crippen molar-refractivity contribution in [2.24, 2.45) is 0 Å². The number of hydrogen-bond acceptors (Lipinski definition) is 3. The fraction of sp³-hybridized carbons (Fsp3) is 0.444. The third kappa shape index (κ3) is 1.26. The molecule has 2 heterocycles. The number of nitrogens with zero attached hydrogens (tertiary/aromatic N) is 1. The van der Waals surface area contributed by atoms with Gasteiger partial charge in [0.05, 0.1) is 11.3 Å². The molecule has 1 aromatic rings. The molecule has 1 aromatic heterocycles. The van der Waals surface area contributed by atoms with Gasteiger partial charge in [-0.2, -0.15) is 0 Å². The van der Waals surface area contributed by atoms with Crippen LogP contribution in [0.1, 0.15) is 25.1 Å². The molecule has 0 fully saturated rings.